The van der Waals surface area contributed by atoms with Gasteiger partial charge in [-0.25, -0.2) is 0 Å². The summed E-state index contributed by atoms with van der Waals surface area (Å²) in [6.07, 6.45) is 0. The highest BCUT2D eigenvalue weighted by Crippen LogP contribution is 2.28. The molecule has 0 atom stereocenters. The fraction of sp³-hybridized carbons (Fsp3) is 0.316. The molecule has 1 aromatic carbocycles. The van der Waals surface area contributed by atoms with E-state index in [9.17, 15) is 14.4 Å². The highest BCUT2D eigenvalue weighted by Gasteiger charge is 2.14. The summed E-state index contributed by atoms with van der Waals surface area (Å²) in [6, 6.07) is 7.50. The molecule has 0 unspecified atom stereocenters. The number of aryl methyl sites for hydroxylation is 2. The van der Waals surface area contributed by atoms with Crippen LogP contribution in [0.25, 0.3) is 0 Å². The van der Waals surface area contributed by atoms with Gasteiger partial charge in [-0.2, -0.15) is 0 Å². The van der Waals surface area contributed by atoms with Gasteiger partial charge in [0.25, 0.3) is 0 Å². The van der Waals surface area contributed by atoms with Crippen LogP contribution in [0.15, 0.2) is 33.6 Å². The smallest absolute Gasteiger partial charge is 0.316 e. The number of ether oxygens (including phenoxy) is 1. The van der Waals surface area contributed by atoms with Crippen LogP contribution in [0.5, 0.6) is 0 Å². The molecule has 0 aliphatic heterocycles. The van der Waals surface area contributed by atoms with E-state index in [-0.39, 0.29) is 24.1 Å². The first-order chi connectivity index (χ1) is 12.8. The van der Waals surface area contributed by atoms with Crippen LogP contribution < -0.4 is 5.32 Å². The Morgan fingerprint density at radius 3 is 2.63 bits per heavy atom. The van der Waals surface area contributed by atoms with Gasteiger partial charge in [0.05, 0.1) is 17.2 Å². The summed E-state index contributed by atoms with van der Waals surface area (Å²) >= 11 is 6.16. The number of thiophene rings is 1. The van der Waals surface area contributed by atoms with Gasteiger partial charge in [-0.1, -0.05) is 15.9 Å². The molecule has 0 fully saturated rings. The van der Waals surface area contributed by atoms with E-state index < -0.39 is 5.97 Å². The van der Waals surface area contributed by atoms with Crippen molar-refractivity contribution >= 4 is 56.7 Å². The van der Waals surface area contributed by atoms with Gasteiger partial charge >= 0.3 is 5.97 Å². The number of halogens is 1. The minimum atomic E-state index is -0.427. The first-order valence-electron chi connectivity index (χ1n) is 8.17. The summed E-state index contributed by atoms with van der Waals surface area (Å²) in [4.78, 5) is 37.4. The number of esters is 1. The van der Waals surface area contributed by atoms with Crippen LogP contribution in [0.4, 0.5) is 0 Å². The third-order valence-corrected chi connectivity index (χ3v) is 6.73. The summed E-state index contributed by atoms with van der Waals surface area (Å²) in [7, 11) is 0. The number of hydrogen-bond donors (Lipinski definition) is 1. The van der Waals surface area contributed by atoms with Crippen molar-refractivity contribution in [2.75, 3.05) is 12.4 Å². The summed E-state index contributed by atoms with van der Waals surface area (Å²) in [6.45, 7) is 5.52. The number of rotatable bonds is 8. The summed E-state index contributed by atoms with van der Waals surface area (Å²) in [5, 5.41) is 2.68. The molecule has 0 spiro atoms. The molecule has 8 heteroatoms. The molecule has 1 aromatic heterocycles. The van der Waals surface area contributed by atoms with Crippen LogP contribution in [0.3, 0.4) is 0 Å². The zero-order valence-electron chi connectivity index (χ0n) is 15.3. The lowest BCUT2D eigenvalue weighted by Gasteiger charge is -2.08. The summed E-state index contributed by atoms with van der Waals surface area (Å²) in [5.74, 6) is -0.654. The molecule has 1 heterocycles. The molecule has 2 rings (SSSR count). The standard InChI is InChI=1S/C19H20BrNO4S2/c1-11-7-18(12(2)6-15(11)20)26-10-19(24)25-9-16(23)17-5-4-14(27-17)8-21-13(3)22/h4-7H,8-10H2,1-3H3,(H,21,22). The zero-order chi connectivity index (χ0) is 20.0. The van der Waals surface area contributed by atoms with Crippen molar-refractivity contribution in [3.63, 3.8) is 0 Å². The molecule has 144 valence electrons. The van der Waals surface area contributed by atoms with Crippen molar-refractivity contribution < 1.29 is 19.1 Å². The number of Topliss-reactive ketones (excluding diaryl/α,β-unsaturated/α-hetero) is 1. The number of benzene rings is 1. The van der Waals surface area contributed by atoms with Gasteiger partial charge in [0.1, 0.15) is 0 Å². The number of amides is 1. The van der Waals surface area contributed by atoms with E-state index in [1.54, 1.807) is 12.1 Å². The molecule has 27 heavy (non-hydrogen) atoms. The molecule has 0 bridgehead atoms. The molecule has 0 saturated carbocycles. The van der Waals surface area contributed by atoms with E-state index in [1.807, 2.05) is 26.0 Å². The largest absolute Gasteiger partial charge is 0.457 e. The van der Waals surface area contributed by atoms with Gasteiger partial charge in [-0.05, 0) is 49.2 Å². The van der Waals surface area contributed by atoms with Crippen LogP contribution in [-0.2, 0) is 20.9 Å². The molecule has 0 saturated heterocycles. The molecule has 0 radical (unpaired) electrons. The molecule has 2 aromatic rings. The van der Waals surface area contributed by atoms with Gasteiger partial charge in [0, 0.05) is 21.2 Å². The van der Waals surface area contributed by atoms with Crippen molar-refractivity contribution in [2.24, 2.45) is 0 Å². The summed E-state index contributed by atoms with van der Waals surface area (Å²) < 4.78 is 6.13. The summed E-state index contributed by atoms with van der Waals surface area (Å²) in [5.41, 5.74) is 2.17. The van der Waals surface area contributed by atoms with E-state index in [1.165, 1.54) is 30.0 Å². The van der Waals surface area contributed by atoms with Crippen LogP contribution in [0.2, 0.25) is 0 Å². The number of thioether (sulfide) groups is 1. The van der Waals surface area contributed by atoms with Crippen molar-refractivity contribution in [1.82, 2.24) is 5.32 Å². The number of carbonyl (C=O) groups excluding carboxylic acids is 3. The highest BCUT2D eigenvalue weighted by atomic mass is 79.9. The molecule has 1 N–H and O–H groups in total. The molecular formula is C19H20BrNO4S2. The maximum atomic E-state index is 12.1. The average molecular weight is 470 g/mol. The Balaban J connectivity index is 1.80. The van der Waals surface area contributed by atoms with Crippen LogP contribution in [-0.4, -0.2) is 30.0 Å². The second-order valence-electron chi connectivity index (χ2n) is 5.92. The van der Waals surface area contributed by atoms with E-state index in [4.69, 9.17) is 4.74 Å². The Labute approximate surface area is 175 Å². The minimum Gasteiger partial charge on any atom is -0.457 e. The van der Waals surface area contributed by atoms with Crippen LogP contribution in [0.1, 0.15) is 32.6 Å². The van der Waals surface area contributed by atoms with E-state index in [0.29, 0.717) is 11.4 Å². The fourth-order valence-electron chi connectivity index (χ4n) is 2.14. The fourth-order valence-corrected chi connectivity index (χ4v) is 4.37. The average Bonchev–Trinajstić information content (AvgIpc) is 3.09. The Bertz CT molecular complexity index is 863. The number of hydrogen-bond acceptors (Lipinski definition) is 6. The SMILES string of the molecule is CC(=O)NCc1ccc(C(=O)COC(=O)CSc2cc(C)c(Br)cc2C)s1. The van der Waals surface area contributed by atoms with Crippen molar-refractivity contribution in [3.8, 4) is 0 Å². The predicted octanol–water partition coefficient (Wildman–Crippen LogP) is 4.28. The number of nitrogens with one attached hydrogen (secondary N) is 1. The van der Waals surface area contributed by atoms with Crippen LogP contribution in [0, 0.1) is 13.8 Å². The molecule has 0 aliphatic rings. The molecule has 5 nitrogen and oxygen atoms in total. The van der Waals surface area contributed by atoms with Crippen molar-refractivity contribution in [2.45, 2.75) is 32.2 Å². The Hall–Kier alpha value is -1.64. The molecular weight excluding hydrogens is 450 g/mol. The van der Waals surface area contributed by atoms with Crippen molar-refractivity contribution in [3.05, 3.63) is 49.6 Å². The Morgan fingerprint density at radius 2 is 1.93 bits per heavy atom. The van der Waals surface area contributed by atoms with Crippen LogP contribution >= 0.6 is 39.0 Å². The maximum absolute atomic E-state index is 12.1. The quantitative estimate of drug-likeness (QED) is 0.354. The minimum absolute atomic E-state index is 0.126. The molecule has 1 amide bonds. The third kappa shape index (κ3) is 6.79. The first kappa shape index (κ1) is 21.7. The zero-order valence-corrected chi connectivity index (χ0v) is 18.5. The van der Waals surface area contributed by atoms with Gasteiger partial charge < -0.3 is 10.1 Å². The first-order valence-corrected chi connectivity index (χ1v) is 10.8. The lowest BCUT2D eigenvalue weighted by Crippen LogP contribution is -2.18. The maximum Gasteiger partial charge on any atom is 0.316 e. The van der Waals surface area contributed by atoms with Crippen molar-refractivity contribution in [1.29, 1.82) is 0 Å². The van der Waals surface area contributed by atoms with E-state index in [0.717, 1.165) is 25.4 Å². The Morgan fingerprint density at radius 1 is 1.19 bits per heavy atom. The monoisotopic (exact) mass is 469 g/mol. The van der Waals surface area contributed by atoms with Gasteiger partial charge in [-0.15, -0.1) is 23.1 Å². The lowest BCUT2D eigenvalue weighted by atomic mass is 10.2. The number of ketones is 1. The van der Waals surface area contributed by atoms with E-state index >= 15 is 0 Å². The third-order valence-electron chi connectivity index (χ3n) is 3.61. The normalized spacial score (nSPS) is 10.5. The van der Waals surface area contributed by atoms with Gasteiger partial charge in [0.15, 0.2) is 6.61 Å². The lowest BCUT2D eigenvalue weighted by molar-refractivity contribution is -0.139. The van der Waals surface area contributed by atoms with Gasteiger partial charge in [0.2, 0.25) is 11.7 Å². The van der Waals surface area contributed by atoms with Gasteiger partial charge in [-0.3, -0.25) is 14.4 Å². The second kappa shape index (κ2) is 10.1. The highest BCUT2D eigenvalue weighted by molar-refractivity contribution is 9.10. The molecule has 0 aliphatic carbocycles. The van der Waals surface area contributed by atoms with E-state index in [2.05, 4.69) is 21.2 Å². The predicted molar refractivity (Wildman–Crippen MR) is 111 cm³/mol. The number of carbonyl (C=O) groups is 3. The topological polar surface area (TPSA) is 72.5 Å². The Kier molecular flexibility index (Phi) is 8.07. The second-order valence-corrected chi connectivity index (χ2v) is 8.95.